The molecule has 3 aromatic rings. The Bertz CT molecular complexity index is 1060. The molecule has 0 radical (unpaired) electrons. The van der Waals surface area contributed by atoms with E-state index in [1.165, 1.54) is 11.8 Å². The van der Waals surface area contributed by atoms with E-state index >= 15 is 0 Å². The van der Waals surface area contributed by atoms with Crippen molar-refractivity contribution in [3.05, 3.63) is 90.0 Å². The number of nitrogens with zero attached hydrogens (tertiary/aromatic N) is 2. The Kier molecular flexibility index (Phi) is 6.02. The van der Waals surface area contributed by atoms with Crippen LogP contribution in [0.15, 0.2) is 89.1 Å². The fourth-order valence-electron chi connectivity index (χ4n) is 2.89. The molecule has 0 aromatic heterocycles. The summed E-state index contributed by atoms with van der Waals surface area (Å²) < 4.78 is 5.95. The topological polar surface area (TPSA) is 63.0 Å². The van der Waals surface area contributed by atoms with Crippen LogP contribution in [-0.4, -0.2) is 23.0 Å². The molecule has 1 aliphatic heterocycles. The standard InChI is InChI=1S/C23H19N3O2S/c27-22-16-29-23(25-22)26-24-14-19-9-4-5-12-21(19)18-10-6-11-20(13-18)28-15-17-7-2-1-3-8-17/h1-14H,15-16H2,(H,25,26,27). The summed E-state index contributed by atoms with van der Waals surface area (Å²) >= 11 is 1.35. The fraction of sp³-hybridized carbons (Fsp3) is 0.0870. The van der Waals surface area contributed by atoms with Gasteiger partial charge in [-0.2, -0.15) is 5.10 Å². The summed E-state index contributed by atoms with van der Waals surface area (Å²) in [5.74, 6) is 1.15. The van der Waals surface area contributed by atoms with Crippen molar-refractivity contribution >= 4 is 29.1 Å². The lowest BCUT2D eigenvalue weighted by Crippen LogP contribution is -2.19. The maximum absolute atomic E-state index is 11.2. The quantitative estimate of drug-likeness (QED) is 0.489. The second kappa shape index (κ2) is 9.21. The smallest absolute Gasteiger partial charge is 0.236 e. The van der Waals surface area contributed by atoms with Crippen LogP contribution in [0, 0.1) is 0 Å². The molecule has 0 bridgehead atoms. The molecule has 1 aliphatic rings. The summed E-state index contributed by atoms with van der Waals surface area (Å²) in [6, 6.07) is 26.1. The van der Waals surface area contributed by atoms with Crippen LogP contribution in [0.2, 0.25) is 0 Å². The van der Waals surface area contributed by atoms with Crippen molar-refractivity contribution in [1.82, 2.24) is 5.32 Å². The Labute approximate surface area is 173 Å². The van der Waals surface area contributed by atoms with E-state index in [0.717, 1.165) is 28.0 Å². The van der Waals surface area contributed by atoms with E-state index in [1.807, 2.05) is 78.9 Å². The van der Waals surface area contributed by atoms with Gasteiger partial charge in [0, 0.05) is 5.56 Å². The maximum atomic E-state index is 11.2. The van der Waals surface area contributed by atoms with Crippen molar-refractivity contribution in [2.45, 2.75) is 6.61 Å². The lowest BCUT2D eigenvalue weighted by atomic mass is 10.0. The molecule has 6 heteroatoms. The Hall–Kier alpha value is -3.38. The molecule has 0 spiro atoms. The second-order valence-corrected chi connectivity index (χ2v) is 7.34. The third kappa shape index (κ3) is 5.12. The fourth-order valence-corrected chi connectivity index (χ4v) is 3.52. The Morgan fingerprint density at radius 2 is 1.83 bits per heavy atom. The highest BCUT2D eigenvalue weighted by molar-refractivity contribution is 8.15. The number of thioether (sulfide) groups is 1. The largest absolute Gasteiger partial charge is 0.489 e. The number of amides is 1. The first kappa shape index (κ1) is 19.0. The molecule has 5 nitrogen and oxygen atoms in total. The predicted molar refractivity (Wildman–Crippen MR) is 118 cm³/mol. The molecular formula is C23H19N3O2S. The first-order chi connectivity index (χ1) is 14.3. The highest BCUT2D eigenvalue weighted by Crippen LogP contribution is 2.27. The van der Waals surface area contributed by atoms with Crippen LogP contribution in [0.1, 0.15) is 11.1 Å². The minimum Gasteiger partial charge on any atom is -0.489 e. The van der Waals surface area contributed by atoms with Gasteiger partial charge in [-0.1, -0.05) is 78.5 Å². The third-order valence-corrected chi connectivity index (χ3v) is 5.15. The molecule has 1 N–H and O–H groups in total. The molecule has 1 heterocycles. The van der Waals surface area contributed by atoms with Crippen molar-refractivity contribution in [3.8, 4) is 16.9 Å². The van der Waals surface area contributed by atoms with Crippen molar-refractivity contribution in [3.63, 3.8) is 0 Å². The molecule has 0 aliphatic carbocycles. The minimum absolute atomic E-state index is 0.0448. The van der Waals surface area contributed by atoms with Crippen molar-refractivity contribution < 1.29 is 9.53 Å². The number of hydrogen-bond donors (Lipinski definition) is 1. The summed E-state index contributed by atoms with van der Waals surface area (Å²) in [7, 11) is 0. The third-order valence-electron chi connectivity index (χ3n) is 4.29. The SMILES string of the molecule is O=C1CSC(=NN=Cc2ccccc2-c2cccc(OCc3ccccc3)c2)N1. The molecular weight excluding hydrogens is 382 g/mol. The Morgan fingerprint density at radius 1 is 1.00 bits per heavy atom. The molecule has 144 valence electrons. The van der Waals surface area contributed by atoms with Gasteiger partial charge >= 0.3 is 0 Å². The normalized spacial score (nSPS) is 15.0. The van der Waals surface area contributed by atoms with Crippen LogP contribution in [-0.2, 0) is 11.4 Å². The highest BCUT2D eigenvalue weighted by Gasteiger charge is 2.16. The molecule has 4 rings (SSSR count). The van der Waals surface area contributed by atoms with Gasteiger partial charge in [-0.25, -0.2) is 0 Å². The number of benzene rings is 3. The lowest BCUT2D eigenvalue weighted by Gasteiger charge is -2.10. The molecule has 0 unspecified atom stereocenters. The average molecular weight is 401 g/mol. The zero-order chi connectivity index (χ0) is 19.9. The predicted octanol–water partition coefficient (Wildman–Crippen LogP) is 4.49. The van der Waals surface area contributed by atoms with Gasteiger partial charge in [0.05, 0.1) is 12.0 Å². The van der Waals surface area contributed by atoms with Gasteiger partial charge in [-0.05, 0) is 28.8 Å². The minimum atomic E-state index is -0.0448. The molecule has 3 aromatic carbocycles. The van der Waals surface area contributed by atoms with Gasteiger partial charge in [-0.15, -0.1) is 5.10 Å². The van der Waals surface area contributed by atoms with Crippen LogP contribution < -0.4 is 10.1 Å². The molecule has 0 atom stereocenters. The van der Waals surface area contributed by atoms with E-state index in [2.05, 4.69) is 15.5 Å². The van der Waals surface area contributed by atoms with Gasteiger partial charge in [0.15, 0.2) is 5.17 Å². The zero-order valence-corrected chi connectivity index (χ0v) is 16.4. The number of nitrogens with one attached hydrogen (secondary N) is 1. The average Bonchev–Trinajstić information content (AvgIpc) is 3.18. The van der Waals surface area contributed by atoms with E-state index in [0.29, 0.717) is 17.5 Å². The Morgan fingerprint density at radius 3 is 2.66 bits per heavy atom. The first-order valence-electron chi connectivity index (χ1n) is 9.18. The molecule has 1 amide bonds. The van der Waals surface area contributed by atoms with E-state index in [1.54, 1.807) is 6.21 Å². The van der Waals surface area contributed by atoms with E-state index in [4.69, 9.17) is 4.74 Å². The van der Waals surface area contributed by atoms with Gasteiger partial charge in [0.2, 0.25) is 5.91 Å². The number of carbonyl (C=O) groups is 1. The van der Waals surface area contributed by atoms with Crippen LogP contribution in [0.5, 0.6) is 5.75 Å². The summed E-state index contributed by atoms with van der Waals surface area (Å²) in [4.78, 5) is 11.2. The van der Waals surface area contributed by atoms with Crippen LogP contribution >= 0.6 is 11.8 Å². The molecule has 29 heavy (non-hydrogen) atoms. The maximum Gasteiger partial charge on any atom is 0.236 e. The second-order valence-electron chi connectivity index (χ2n) is 6.38. The number of rotatable bonds is 6. The first-order valence-corrected chi connectivity index (χ1v) is 10.2. The summed E-state index contributed by atoms with van der Waals surface area (Å²) in [6.07, 6.45) is 1.70. The van der Waals surface area contributed by atoms with Gasteiger partial charge in [0.25, 0.3) is 0 Å². The Balaban J connectivity index is 1.52. The zero-order valence-electron chi connectivity index (χ0n) is 15.6. The number of hydrogen-bond acceptors (Lipinski definition) is 5. The number of amidine groups is 1. The number of ether oxygens (including phenoxy) is 1. The van der Waals surface area contributed by atoms with Crippen LogP contribution in [0.3, 0.4) is 0 Å². The molecule has 1 saturated heterocycles. The van der Waals surface area contributed by atoms with Crippen LogP contribution in [0.4, 0.5) is 0 Å². The van der Waals surface area contributed by atoms with Gasteiger partial charge in [0.1, 0.15) is 12.4 Å². The van der Waals surface area contributed by atoms with E-state index in [9.17, 15) is 4.79 Å². The summed E-state index contributed by atoms with van der Waals surface area (Å²) in [5.41, 5.74) is 4.13. The van der Waals surface area contributed by atoms with Gasteiger partial charge < -0.3 is 10.1 Å². The monoisotopic (exact) mass is 401 g/mol. The molecule has 0 saturated carbocycles. The van der Waals surface area contributed by atoms with Crippen molar-refractivity contribution in [2.75, 3.05) is 5.75 Å². The number of carbonyl (C=O) groups excluding carboxylic acids is 1. The lowest BCUT2D eigenvalue weighted by molar-refractivity contribution is -0.116. The van der Waals surface area contributed by atoms with E-state index < -0.39 is 0 Å². The summed E-state index contributed by atoms with van der Waals surface area (Å²) in [6.45, 7) is 0.522. The van der Waals surface area contributed by atoms with E-state index in [-0.39, 0.29) is 5.91 Å². The van der Waals surface area contributed by atoms with Crippen molar-refractivity contribution in [1.29, 1.82) is 0 Å². The molecule has 1 fully saturated rings. The van der Waals surface area contributed by atoms with Gasteiger partial charge in [-0.3, -0.25) is 4.79 Å². The highest BCUT2D eigenvalue weighted by atomic mass is 32.2. The van der Waals surface area contributed by atoms with Crippen LogP contribution in [0.25, 0.3) is 11.1 Å². The summed E-state index contributed by atoms with van der Waals surface area (Å²) in [5, 5.41) is 11.4. The van der Waals surface area contributed by atoms with Crippen molar-refractivity contribution in [2.24, 2.45) is 10.2 Å².